The molecule has 0 radical (unpaired) electrons. The number of hydrogen-bond acceptors (Lipinski definition) is 6. The van der Waals surface area contributed by atoms with Crippen molar-refractivity contribution >= 4 is 22.3 Å². The van der Waals surface area contributed by atoms with Crippen LogP contribution in [0.2, 0.25) is 0 Å². The molecule has 0 aliphatic rings. The molecular formula is C12H16N4O3S. The maximum Gasteiger partial charge on any atom is 0.304 e. The van der Waals surface area contributed by atoms with E-state index in [1.165, 1.54) is 21.9 Å². The molecule has 20 heavy (non-hydrogen) atoms. The molecular weight excluding hydrogens is 280 g/mol. The summed E-state index contributed by atoms with van der Waals surface area (Å²) in [4.78, 5) is 29.3. The second-order valence-corrected chi connectivity index (χ2v) is 5.55. The van der Waals surface area contributed by atoms with Crippen LogP contribution in [-0.4, -0.2) is 44.2 Å². The molecule has 0 unspecified atom stereocenters. The minimum Gasteiger partial charge on any atom is -0.481 e. The summed E-state index contributed by atoms with van der Waals surface area (Å²) in [6.45, 7) is 2.83. The van der Waals surface area contributed by atoms with Gasteiger partial charge in [0.05, 0.1) is 12.1 Å². The average molecular weight is 296 g/mol. The van der Waals surface area contributed by atoms with Gasteiger partial charge in [-0.3, -0.25) is 14.5 Å². The Hall–Kier alpha value is -1.80. The van der Waals surface area contributed by atoms with Crippen molar-refractivity contribution in [2.75, 3.05) is 13.6 Å². The zero-order valence-electron chi connectivity index (χ0n) is 11.4. The molecule has 8 heteroatoms. The highest BCUT2D eigenvalue weighted by molar-refractivity contribution is 7.16. The third-order valence-electron chi connectivity index (χ3n) is 2.78. The lowest BCUT2D eigenvalue weighted by molar-refractivity contribution is -0.137. The molecule has 0 saturated heterocycles. The second-order valence-electron chi connectivity index (χ2n) is 4.51. The van der Waals surface area contributed by atoms with E-state index in [9.17, 15) is 9.59 Å². The fourth-order valence-corrected chi connectivity index (χ4v) is 2.62. The standard InChI is InChI=1S/C12H16N4O3S/c1-3-9-14-16-10(17)6-8(13-12(16)20-9)7-15(2)5-4-11(18)19/h6H,3-5,7H2,1-2H3,(H,18,19). The molecule has 1 N–H and O–H groups in total. The number of aryl methyl sites for hydroxylation is 1. The van der Waals surface area contributed by atoms with Crippen LogP contribution >= 0.6 is 11.3 Å². The van der Waals surface area contributed by atoms with Gasteiger partial charge in [0.25, 0.3) is 5.56 Å². The van der Waals surface area contributed by atoms with Crippen LogP contribution in [0.15, 0.2) is 10.9 Å². The van der Waals surface area contributed by atoms with Crippen LogP contribution in [0.3, 0.4) is 0 Å². The number of aromatic nitrogens is 3. The average Bonchev–Trinajstić information content (AvgIpc) is 2.80. The van der Waals surface area contributed by atoms with E-state index >= 15 is 0 Å². The summed E-state index contributed by atoms with van der Waals surface area (Å²) in [5, 5.41) is 13.7. The Morgan fingerprint density at radius 1 is 1.55 bits per heavy atom. The van der Waals surface area contributed by atoms with Crippen LogP contribution in [0.5, 0.6) is 0 Å². The van der Waals surface area contributed by atoms with E-state index in [-0.39, 0.29) is 12.0 Å². The molecule has 0 saturated carbocycles. The zero-order valence-corrected chi connectivity index (χ0v) is 12.2. The van der Waals surface area contributed by atoms with Crippen LogP contribution in [0.1, 0.15) is 24.0 Å². The predicted molar refractivity (Wildman–Crippen MR) is 75.1 cm³/mol. The lowest BCUT2D eigenvalue weighted by Crippen LogP contribution is -2.24. The van der Waals surface area contributed by atoms with Crippen molar-refractivity contribution in [3.63, 3.8) is 0 Å². The van der Waals surface area contributed by atoms with Crippen molar-refractivity contribution < 1.29 is 9.90 Å². The SMILES string of the molecule is CCc1nn2c(=O)cc(CN(C)CCC(=O)O)nc2s1. The number of fused-ring (bicyclic) bond motifs is 1. The van der Waals surface area contributed by atoms with Crippen LogP contribution in [0.25, 0.3) is 4.96 Å². The van der Waals surface area contributed by atoms with Crippen molar-refractivity contribution in [2.45, 2.75) is 26.3 Å². The Balaban J connectivity index is 2.18. The highest BCUT2D eigenvalue weighted by atomic mass is 32.1. The Morgan fingerprint density at radius 3 is 2.95 bits per heavy atom. The molecule has 2 rings (SSSR count). The van der Waals surface area contributed by atoms with Crippen LogP contribution in [0.4, 0.5) is 0 Å². The smallest absolute Gasteiger partial charge is 0.304 e. The molecule has 0 bridgehead atoms. The van der Waals surface area contributed by atoms with Gasteiger partial charge in [-0.15, -0.1) is 0 Å². The van der Waals surface area contributed by atoms with Crippen LogP contribution in [-0.2, 0) is 17.8 Å². The normalized spacial score (nSPS) is 11.3. The van der Waals surface area contributed by atoms with Gasteiger partial charge < -0.3 is 5.11 Å². The molecule has 108 valence electrons. The van der Waals surface area contributed by atoms with Gasteiger partial charge in [0, 0.05) is 19.2 Å². The summed E-state index contributed by atoms with van der Waals surface area (Å²) < 4.78 is 1.31. The van der Waals surface area contributed by atoms with Crippen LogP contribution in [0, 0.1) is 0 Å². The molecule has 2 aromatic heterocycles. The number of aliphatic carboxylic acids is 1. The molecule has 2 heterocycles. The largest absolute Gasteiger partial charge is 0.481 e. The van der Waals surface area contributed by atoms with E-state index in [4.69, 9.17) is 5.11 Å². The minimum atomic E-state index is -0.838. The molecule has 2 aromatic rings. The van der Waals surface area contributed by atoms with E-state index in [1.54, 1.807) is 7.05 Å². The summed E-state index contributed by atoms with van der Waals surface area (Å²) in [6.07, 6.45) is 0.833. The van der Waals surface area contributed by atoms with Gasteiger partial charge in [0.2, 0.25) is 4.96 Å². The van der Waals surface area contributed by atoms with Crippen molar-refractivity contribution in [3.05, 3.63) is 27.1 Å². The van der Waals surface area contributed by atoms with Crippen molar-refractivity contribution in [1.29, 1.82) is 0 Å². The molecule has 0 atom stereocenters. The second kappa shape index (κ2) is 6.10. The van der Waals surface area contributed by atoms with E-state index in [2.05, 4.69) is 10.1 Å². The number of carboxylic acids is 1. The van der Waals surface area contributed by atoms with Crippen molar-refractivity contribution in [2.24, 2.45) is 0 Å². The molecule has 0 fully saturated rings. The van der Waals surface area contributed by atoms with E-state index in [1.807, 2.05) is 11.8 Å². The number of carbonyl (C=O) groups is 1. The van der Waals surface area contributed by atoms with Gasteiger partial charge in [-0.2, -0.15) is 9.61 Å². The zero-order chi connectivity index (χ0) is 14.7. The topological polar surface area (TPSA) is 87.8 Å². The molecule has 7 nitrogen and oxygen atoms in total. The van der Waals surface area contributed by atoms with Gasteiger partial charge in [0.15, 0.2) is 0 Å². The quantitative estimate of drug-likeness (QED) is 0.840. The third-order valence-corrected chi connectivity index (χ3v) is 3.83. The number of carboxylic acid groups (broad SMARTS) is 1. The van der Waals surface area contributed by atoms with E-state index in [0.717, 1.165) is 11.4 Å². The highest BCUT2D eigenvalue weighted by Crippen LogP contribution is 2.12. The fourth-order valence-electron chi connectivity index (χ4n) is 1.76. The van der Waals surface area contributed by atoms with Crippen molar-refractivity contribution in [3.8, 4) is 0 Å². The first-order valence-electron chi connectivity index (χ1n) is 6.28. The first-order chi connectivity index (χ1) is 9.49. The first kappa shape index (κ1) is 14.6. The number of hydrogen-bond donors (Lipinski definition) is 1. The highest BCUT2D eigenvalue weighted by Gasteiger charge is 2.10. The number of rotatable bonds is 6. The first-order valence-corrected chi connectivity index (χ1v) is 7.10. The Morgan fingerprint density at radius 2 is 2.30 bits per heavy atom. The Labute approximate surface area is 119 Å². The van der Waals surface area contributed by atoms with E-state index in [0.29, 0.717) is 23.7 Å². The summed E-state index contributed by atoms with van der Waals surface area (Å²) in [7, 11) is 1.80. The summed E-state index contributed by atoms with van der Waals surface area (Å²) in [6, 6.07) is 1.45. The molecule has 0 aliphatic carbocycles. The van der Waals surface area contributed by atoms with Gasteiger partial charge >= 0.3 is 5.97 Å². The lowest BCUT2D eigenvalue weighted by atomic mass is 10.3. The maximum absolute atomic E-state index is 11.9. The molecule has 0 aromatic carbocycles. The lowest BCUT2D eigenvalue weighted by Gasteiger charge is -2.14. The maximum atomic E-state index is 11.9. The Bertz CT molecular complexity index is 679. The molecule has 0 spiro atoms. The fraction of sp³-hybridized carbons (Fsp3) is 0.500. The summed E-state index contributed by atoms with van der Waals surface area (Å²) in [5.41, 5.74) is 0.432. The van der Waals surface area contributed by atoms with E-state index < -0.39 is 5.97 Å². The summed E-state index contributed by atoms with van der Waals surface area (Å²) in [5.74, 6) is -0.838. The molecule has 0 aliphatic heterocycles. The van der Waals surface area contributed by atoms with Gasteiger partial charge in [-0.1, -0.05) is 18.3 Å². The predicted octanol–water partition coefficient (Wildman–Crippen LogP) is 0.620. The molecule has 0 amide bonds. The Kier molecular flexibility index (Phi) is 4.46. The van der Waals surface area contributed by atoms with Gasteiger partial charge in [-0.25, -0.2) is 4.98 Å². The van der Waals surface area contributed by atoms with Crippen molar-refractivity contribution in [1.82, 2.24) is 19.5 Å². The third kappa shape index (κ3) is 3.40. The number of nitrogens with zero attached hydrogens (tertiary/aromatic N) is 4. The van der Waals surface area contributed by atoms with Gasteiger partial charge in [-0.05, 0) is 13.5 Å². The monoisotopic (exact) mass is 296 g/mol. The minimum absolute atomic E-state index is 0.0677. The van der Waals surface area contributed by atoms with Crippen LogP contribution < -0.4 is 5.56 Å². The summed E-state index contributed by atoms with van der Waals surface area (Å²) >= 11 is 1.40. The van der Waals surface area contributed by atoms with Gasteiger partial charge in [0.1, 0.15) is 5.01 Å².